The summed E-state index contributed by atoms with van der Waals surface area (Å²) in [6, 6.07) is 7.65. The third kappa shape index (κ3) is 3.73. The molecule has 1 heterocycles. The zero-order valence-corrected chi connectivity index (χ0v) is 12.0. The van der Waals surface area contributed by atoms with Gasteiger partial charge in [-0.1, -0.05) is 18.2 Å². The molecule has 0 aromatic heterocycles. The quantitative estimate of drug-likeness (QED) is 0.893. The fourth-order valence-corrected chi connectivity index (χ4v) is 2.83. The number of para-hydroxylation sites is 1. The Hall–Kier alpha value is -1.55. The summed E-state index contributed by atoms with van der Waals surface area (Å²) in [5, 5.41) is 9.03. The Morgan fingerprint density at radius 1 is 1.45 bits per heavy atom. The minimum Gasteiger partial charge on any atom is -0.496 e. The Morgan fingerprint density at radius 2 is 2.25 bits per heavy atom. The van der Waals surface area contributed by atoms with Crippen LogP contribution in [0, 0.1) is 5.92 Å². The third-order valence-electron chi connectivity index (χ3n) is 3.94. The van der Waals surface area contributed by atoms with Gasteiger partial charge in [0.1, 0.15) is 5.75 Å². The topological polar surface area (TPSA) is 49.8 Å². The zero-order valence-electron chi connectivity index (χ0n) is 12.0. The van der Waals surface area contributed by atoms with Crippen molar-refractivity contribution in [2.45, 2.75) is 25.7 Å². The van der Waals surface area contributed by atoms with Crippen LogP contribution in [0.2, 0.25) is 0 Å². The predicted molar refractivity (Wildman–Crippen MR) is 77.7 cm³/mol. The molecule has 2 rings (SSSR count). The SMILES string of the molecule is COc1ccccc1CC(=O)N1CCCC(CCO)C1. The molecule has 1 unspecified atom stereocenters. The van der Waals surface area contributed by atoms with E-state index in [4.69, 9.17) is 9.84 Å². The molecule has 0 aliphatic carbocycles. The van der Waals surface area contributed by atoms with Crippen molar-refractivity contribution in [3.8, 4) is 5.75 Å². The number of piperidine rings is 1. The number of carbonyl (C=O) groups excluding carboxylic acids is 1. The number of aliphatic hydroxyl groups excluding tert-OH is 1. The number of hydrogen-bond acceptors (Lipinski definition) is 3. The largest absolute Gasteiger partial charge is 0.496 e. The minimum absolute atomic E-state index is 0.150. The molecule has 1 N–H and O–H groups in total. The molecule has 0 spiro atoms. The molecular formula is C16H23NO3. The van der Waals surface area contributed by atoms with Crippen molar-refractivity contribution in [2.24, 2.45) is 5.92 Å². The van der Waals surface area contributed by atoms with Crippen LogP contribution in [0.3, 0.4) is 0 Å². The maximum Gasteiger partial charge on any atom is 0.227 e. The summed E-state index contributed by atoms with van der Waals surface area (Å²) in [7, 11) is 1.63. The fourth-order valence-electron chi connectivity index (χ4n) is 2.83. The number of benzene rings is 1. The van der Waals surface area contributed by atoms with Crippen molar-refractivity contribution in [3.63, 3.8) is 0 Å². The second-order valence-corrected chi connectivity index (χ2v) is 5.35. The molecule has 1 atom stereocenters. The van der Waals surface area contributed by atoms with Crippen molar-refractivity contribution >= 4 is 5.91 Å². The molecular weight excluding hydrogens is 254 g/mol. The van der Waals surface area contributed by atoms with E-state index in [2.05, 4.69) is 0 Å². The number of hydrogen-bond donors (Lipinski definition) is 1. The standard InChI is InChI=1S/C16H23NO3/c1-20-15-7-3-2-6-14(15)11-16(19)17-9-4-5-13(12-17)8-10-18/h2-3,6-7,13,18H,4-5,8-12H2,1H3. The number of methoxy groups -OCH3 is 1. The normalized spacial score (nSPS) is 18.9. The smallest absolute Gasteiger partial charge is 0.227 e. The lowest BCUT2D eigenvalue weighted by atomic mass is 9.94. The Balaban J connectivity index is 1.97. The summed E-state index contributed by atoms with van der Waals surface area (Å²) in [4.78, 5) is 14.3. The monoisotopic (exact) mass is 277 g/mol. The summed E-state index contributed by atoms with van der Waals surface area (Å²) in [5.74, 6) is 1.36. The van der Waals surface area contributed by atoms with Gasteiger partial charge in [-0.3, -0.25) is 4.79 Å². The van der Waals surface area contributed by atoms with Gasteiger partial charge in [-0.15, -0.1) is 0 Å². The van der Waals surface area contributed by atoms with Crippen LogP contribution in [-0.2, 0) is 11.2 Å². The van der Waals surface area contributed by atoms with Crippen LogP contribution in [-0.4, -0.2) is 42.7 Å². The maximum absolute atomic E-state index is 12.4. The van der Waals surface area contributed by atoms with Crippen LogP contribution in [0.5, 0.6) is 5.75 Å². The molecule has 20 heavy (non-hydrogen) atoms. The first-order valence-electron chi connectivity index (χ1n) is 7.25. The molecule has 0 bridgehead atoms. The number of amides is 1. The number of ether oxygens (including phenoxy) is 1. The highest BCUT2D eigenvalue weighted by Crippen LogP contribution is 2.22. The molecule has 1 fully saturated rings. The average Bonchev–Trinajstić information content (AvgIpc) is 2.48. The van der Waals surface area contributed by atoms with Crippen molar-refractivity contribution in [1.82, 2.24) is 4.90 Å². The Bertz CT molecular complexity index is 445. The van der Waals surface area contributed by atoms with Crippen LogP contribution >= 0.6 is 0 Å². The third-order valence-corrected chi connectivity index (χ3v) is 3.94. The number of aliphatic hydroxyl groups is 1. The van der Waals surface area contributed by atoms with E-state index in [1.807, 2.05) is 29.2 Å². The van der Waals surface area contributed by atoms with Crippen molar-refractivity contribution in [2.75, 3.05) is 26.8 Å². The van der Waals surface area contributed by atoms with Gasteiger partial charge >= 0.3 is 0 Å². The van der Waals surface area contributed by atoms with E-state index in [-0.39, 0.29) is 12.5 Å². The molecule has 4 heteroatoms. The van der Waals surface area contributed by atoms with E-state index < -0.39 is 0 Å². The number of rotatable bonds is 5. The first-order valence-corrected chi connectivity index (χ1v) is 7.25. The lowest BCUT2D eigenvalue weighted by Gasteiger charge is -2.32. The predicted octanol–water partition coefficient (Wildman–Crippen LogP) is 1.86. The van der Waals surface area contributed by atoms with E-state index in [0.717, 1.165) is 43.7 Å². The maximum atomic E-state index is 12.4. The van der Waals surface area contributed by atoms with Gasteiger partial charge in [-0.25, -0.2) is 0 Å². The summed E-state index contributed by atoms with van der Waals surface area (Å²) in [6.07, 6.45) is 3.32. The molecule has 1 aromatic rings. The molecule has 1 amide bonds. The van der Waals surface area contributed by atoms with Gasteiger partial charge in [0.2, 0.25) is 5.91 Å². The highest BCUT2D eigenvalue weighted by molar-refractivity contribution is 5.79. The minimum atomic E-state index is 0.150. The van der Waals surface area contributed by atoms with Gasteiger partial charge in [0.05, 0.1) is 13.5 Å². The number of carbonyl (C=O) groups is 1. The van der Waals surface area contributed by atoms with Crippen molar-refractivity contribution in [3.05, 3.63) is 29.8 Å². The molecule has 110 valence electrons. The Kier molecular flexibility index (Phi) is 5.41. The molecule has 0 radical (unpaired) electrons. The molecule has 4 nitrogen and oxygen atoms in total. The van der Waals surface area contributed by atoms with Gasteiger partial charge in [0.25, 0.3) is 0 Å². The summed E-state index contributed by atoms with van der Waals surface area (Å²) in [6.45, 7) is 1.81. The van der Waals surface area contributed by atoms with Crippen LogP contribution in [0.1, 0.15) is 24.8 Å². The lowest BCUT2D eigenvalue weighted by Crippen LogP contribution is -2.41. The van der Waals surface area contributed by atoms with E-state index in [1.54, 1.807) is 7.11 Å². The Labute approximate surface area is 120 Å². The zero-order chi connectivity index (χ0) is 14.4. The van der Waals surface area contributed by atoms with E-state index in [9.17, 15) is 4.79 Å². The highest BCUT2D eigenvalue weighted by atomic mass is 16.5. The fraction of sp³-hybridized carbons (Fsp3) is 0.562. The molecule has 0 saturated carbocycles. The van der Waals surface area contributed by atoms with Crippen molar-refractivity contribution < 1.29 is 14.6 Å². The number of nitrogens with zero attached hydrogens (tertiary/aromatic N) is 1. The highest BCUT2D eigenvalue weighted by Gasteiger charge is 2.23. The van der Waals surface area contributed by atoms with Crippen LogP contribution < -0.4 is 4.74 Å². The van der Waals surface area contributed by atoms with E-state index in [1.165, 1.54) is 0 Å². The number of likely N-dealkylation sites (tertiary alicyclic amines) is 1. The average molecular weight is 277 g/mol. The molecule has 1 aromatic carbocycles. The van der Waals surface area contributed by atoms with Crippen LogP contribution in [0.25, 0.3) is 0 Å². The van der Waals surface area contributed by atoms with Gasteiger partial charge < -0.3 is 14.7 Å². The van der Waals surface area contributed by atoms with Crippen LogP contribution in [0.15, 0.2) is 24.3 Å². The van der Waals surface area contributed by atoms with Gasteiger partial charge in [-0.05, 0) is 31.2 Å². The van der Waals surface area contributed by atoms with Gasteiger partial charge in [0.15, 0.2) is 0 Å². The van der Waals surface area contributed by atoms with E-state index >= 15 is 0 Å². The van der Waals surface area contributed by atoms with Crippen LogP contribution in [0.4, 0.5) is 0 Å². The van der Waals surface area contributed by atoms with E-state index in [0.29, 0.717) is 12.3 Å². The molecule has 1 aliphatic heterocycles. The van der Waals surface area contributed by atoms with Gasteiger partial charge in [0, 0.05) is 25.3 Å². The first-order chi connectivity index (χ1) is 9.74. The summed E-state index contributed by atoms with van der Waals surface area (Å²) in [5.41, 5.74) is 0.935. The summed E-state index contributed by atoms with van der Waals surface area (Å²) < 4.78 is 5.29. The first kappa shape index (κ1) is 14.9. The van der Waals surface area contributed by atoms with Gasteiger partial charge in [-0.2, -0.15) is 0 Å². The van der Waals surface area contributed by atoms with Crippen molar-refractivity contribution in [1.29, 1.82) is 0 Å². The Morgan fingerprint density at radius 3 is 3.00 bits per heavy atom. The molecule has 1 saturated heterocycles. The molecule has 1 aliphatic rings. The second-order valence-electron chi connectivity index (χ2n) is 5.35. The lowest BCUT2D eigenvalue weighted by molar-refractivity contribution is -0.132. The second kappa shape index (κ2) is 7.29. The summed E-state index contributed by atoms with van der Waals surface area (Å²) >= 11 is 0.